The standard InChI is InChI=1S/C22H16ClFN4OS/c23-16-5-1-13(2-6-16)12-30-22-26-21-25-19-9-15(14-3-7-17(24)8-4-14)10-20(29)18(19)11-28(21)27-22/h1-8,11,15H,9-10,12H2/t15-/m1/s1. The second-order valence-electron chi connectivity index (χ2n) is 7.24. The van der Waals surface area contributed by atoms with E-state index >= 15 is 0 Å². The van der Waals surface area contributed by atoms with E-state index in [1.165, 1.54) is 23.9 Å². The lowest BCUT2D eigenvalue weighted by Gasteiger charge is -2.23. The predicted octanol–water partition coefficient (Wildman–Crippen LogP) is 5.12. The maximum atomic E-state index is 13.2. The van der Waals surface area contributed by atoms with Gasteiger partial charge in [0.2, 0.25) is 5.16 Å². The van der Waals surface area contributed by atoms with Gasteiger partial charge in [-0.05, 0) is 47.7 Å². The van der Waals surface area contributed by atoms with E-state index in [0.717, 1.165) is 16.8 Å². The molecule has 5 nitrogen and oxygen atoms in total. The SMILES string of the molecule is O=C1C[C@H](c2ccc(F)cc2)Cc2nc3nc(SCc4ccc(Cl)cc4)nn3cc21. The third-order valence-electron chi connectivity index (χ3n) is 5.19. The van der Waals surface area contributed by atoms with Crippen molar-refractivity contribution >= 4 is 34.9 Å². The largest absolute Gasteiger partial charge is 0.294 e. The van der Waals surface area contributed by atoms with Crippen LogP contribution in [0.4, 0.5) is 4.39 Å². The molecule has 30 heavy (non-hydrogen) atoms. The number of hydrogen-bond donors (Lipinski definition) is 0. The highest BCUT2D eigenvalue weighted by atomic mass is 35.5. The minimum atomic E-state index is -0.284. The van der Waals surface area contributed by atoms with Crippen molar-refractivity contribution in [3.63, 3.8) is 0 Å². The Bertz CT molecular complexity index is 1240. The zero-order valence-corrected chi connectivity index (χ0v) is 17.3. The Kier molecular flexibility index (Phi) is 5.00. The van der Waals surface area contributed by atoms with Crippen molar-refractivity contribution in [3.8, 4) is 0 Å². The number of thioether (sulfide) groups is 1. The summed E-state index contributed by atoms with van der Waals surface area (Å²) in [6.07, 6.45) is 2.71. The fraction of sp³-hybridized carbons (Fsp3) is 0.182. The summed E-state index contributed by atoms with van der Waals surface area (Å²) in [5.41, 5.74) is 3.36. The molecule has 0 unspecified atom stereocenters. The Morgan fingerprint density at radius 2 is 1.83 bits per heavy atom. The van der Waals surface area contributed by atoms with Gasteiger partial charge in [-0.3, -0.25) is 4.79 Å². The van der Waals surface area contributed by atoms with Crippen LogP contribution in [0.1, 0.15) is 39.5 Å². The lowest BCUT2D eigenvalue weighted by atomic mass is 9.82. The third kappa shape index (κ3) is 3.82. The van der Waals surface area contributed by atoms with Crippen LogP contribution in [-0.4, -0.2) is 25.4 Å². The van der Waals surface area contributed by atoms with E-state index in [4.69, 9.17) is 11.6 Å². The predicted molar refractivity (Wildman–Crippen MR) is 114 cm³/mol. The zero-order chi connectivity index (χ0) is 20.7. The van der Waals surface area contributed by atoms with Gasteiger partial charge >= 0.3 is 0 Å². The van der Waals surface area contributed by atoms with Crippen LogP contribution in [0.15, 0.2) is 59.9 Å². The quantitative estimate of drug-likeness (QED) is 0.414. The highest BCUT2D eigenvalue weighted by molar-refractivity contribution is 7.98. The number of hydrogen-bond acceptors (Lipinski definition) is 5. The van der Waals surface area contributed by atoms with Gasteiger partial charge in [-0.1, -0.05) is 47.6 Å². The molecule has 2 aromatic heterocycles. The van der Waals surface area contributed by atoms with Crippen molar-refractivity contribution in [2.75, 3.05) is 0 Å². The lowest BCUT2D eigenvalue weighted by molar-refractivity contribution is 0.0962. The molecular weight excluding hydrogens is 423 g/mol. The van der Waals surface area contributed by atoms with Crippen LogP contribution in [-0.2, 0) is 12.2 Å². The minimum absolute atomic E-state index is 0.0118. The van der Waals surface area contributed by atoms with Crippen molar-refractivity contribution in [2.24, 2.45) is 0 Å². The molecule has 0 N–H and O–H groups in total. The molecule has 150 valence electrons. The third-order valence-corrected chi connectivity index (χ3v) is 6.35. The van der Waals surface area contributed by atoms with Gasteiger partial charge in [-0.15, -0.1) is 5.10 Å². The van der Waals surface area contributed by atoms with E-state index in [1.807, 2.05) is 24.3 Å². The molecule has 2 heterocycles. The van der Waals surface area contributed by atoms with Crippen molar-refractivity contribution in [1.82, 2.24) is 19.6 Å². The van der Waals surface area contributed by atoms with Crippen LogP contribution in [0.5, 0.6) is 0 Å². The van der Waals surface area contributed by atoms with Gasteiger partial charge in [0.15, 0.2) is 5.78 Å². The molecule has 0 spiro atoms. The van der Waals surface area contributed by atoms with E-state index in [9.17, 15) is 9.18 Å². The van der Waals surface area contributed by atoms with Gasteiger partial charge in [0.05, 0.1) is 11.3 Å². The van der Waals surface area contributed by atoms with Crippen molar-refractivity contribution in [1.29, 1.82) is 0 Å². The summed E-state index contributed by atoms with van der Waals surface area (Å²) in [5, 5.41) is 5.76. The number of ketones is 1. The fourth-order valence-electron chi connectivity index (χ4n) is 3.62. The van der Waals surface area contributed by atoms with Crippen molar-refractivity contribution < 1.29 is 9.18 Å². The molecule has 1 aliphatic carbocycles. The van der Waals surface area contributed by atoms with Crippen LogP contribution >= 0.6 is 23.4 Å². The Hall–Kier alpha value is -2.77. The molecule has 1 aliphatic rings. The average Bonchev–Trinajstić information content (AvgIpc) is 3.14. The highest BCUT2D eigenvalue weighted by Gasteiger charge is 2.28. The molecule has 8 heteroatoms. The lowest BCUT2D eigenvalue weighted by Crippen LogP contribution is -2.21. The molecule has 0 amide bonds. The number of fused-ring (bicyclic) bond motifs is 2. The van der Waals surface area contributed by atoms with Gasteiger partial charge in [0.25, 0.3) is 5.78 Å². The zero-order valence-electron chi connectivity index (χ0n) is 15.8. The molecule has 0 radical (unpaired) electrons. The summed E-state index contributed by atoms with van der Waals surface area (Å²) in [4.78, 5) is 21.8. The molecule has 2 aromatic carbocycles. The maximum absolute atomic E-state index is 13.2. The second kappa shape index (κ2) is 7.81. The monoisotopic (exact) mass is 438 g/mol. The van der Waals surface area contributed by atoms with E-state index < -0.39 is 0 Å². The smallest absolute Gasteiger partial charge is 0.253 e. The normalized spacial score (nSPS) is 16.1. The van der Waals surface area contributed by atoms with Gasteiger partial charge in [0.1, 0.15) is 5.82 Å². The highest BCUT2D eigenvalue weighted by Crippen LogP contribution is 2.32. The van der Waals surface area contributed by atoms with Gasteiger partial charge in [-0.2, -0.15) is 4.98 Å². The maximum Gasteiger partial charge on any atom is 0.253 e. The number of aromatic nitrogens is 4. The van der Waals surface area contributed by atoms with Crippen LogP contribution in [0, 0.1) is 5.82 Å². The summed E-state index contributed by atoms with van der Waals surface area (Å²) in [7, 11) is 0. The van der Waals surface area contributed by atoms with Gasteiger partial charge in [0, 0.05) is 23.4 Å². The van der Waals surface area contributed by atoms with Crippen molar-refractivity contribution in [3.05, 3.63) is 88.0 Å². The first kappa shape index (κ1) is 19.2. The molecule has 1 atom stereocenters. The number of Topliss-reactive ketones (excluding diaryl/α,β-unsaturated/α-hetero) is 1. The Balaban J connectivity index is 1.39. The minimum Gasteiger partial charge on any atom is -0.294 e. The molecular formula is C22H16ClFN4OS. The second-order valence-corrected chi connectivity index (χ2v) is 8.61. The van der Waals surface area contributed by atoms with E-state index in [1.54, 1.807) is 22.8 Å². The summed E-state index contributed by atoms with van der Waals surface area (Å²) in [6, 6.07) is 14.0. The molecule has 0 fully saturated rings. The molecule has 0 aliphatic heterocycles. The number of nitrogens with zero attached hydrogens (tertiary/aromatic N) is 4. The Labute approximate surface area is 181 Å². The molecule has 4 aromatic rings. The van der Waals surface area contributed by atoms with Crippen molar-refractivity contribution in [2.45, 2.75) is 29.7 Å². The first-order chi connectivity index (χ1) is 14.5. The van der Waals surface area contributed by atoms with Crippen LogP contribution in [0.2, 0.25) is 5.02 Å². The molecule has 0 saturated heterocycles. The molecule has 5 rings (SSSR count). The van der Waals surface area contributed by atoms with Crippen LogP contribution < -0.4 is 0 Å². The number of carbonyl (C=O) groups excluding carboxylic acids is 1. The molecule has 0 bridgehead atoms. The fourth-order valence-corrected chi connectivity index (χ4v) is 4.53. The summed E-state index contributed by atoms with van der Waals surface area (Å²) in [6.45, 7) is 0. The summed E-state index contributed by atoms with van der Waals surface area (Å²) >= 11 is 7.43. The summed E-state index contributed by atoms with van der Waals surface area (Å²) < 4.78 is 14.8. The first-order valence-corrected chi connectivity index (χ1v) is 10.8. The van der Waals surface area contributed by atoms with Crippen LogP contribution in [0.3, 0.4) is 0 Å². The number of rotatable bonds is 4. The van der Waals surface area contributed by atoms with Gasteiger partial charge in [-0.25, -0.2) is 13.9 Å². The van der Waals surface area contributed by atoms with Crippen LogP contribution in [0.25, 0.3) is 5.78 Å². The van der Waals surface area contributed by atoms with E-state index in [2.05, 4.69) is 15.1 Å². The number of carbonyl (C=O) groups is 1. The average molecular weight is 439 g/mol. The Morgan fingerprint density at radius 3 is 2.60 bits per heavy atom. The summed E-state index contributed by atoms with van der Waals surface area (Å²) in [5.74, 6) is 0.903. The topological polar surface area (TPSA) is 60.2 Å². The number of benzene rings is 2. The van der Waals surface area contributed by atoms with Gasteiger partial charge < -0.3 is 0 Å². The Morgan fingerprint density at radius 1 is 1.07 bits per heavy atom. The number of halogens is 2. The van der Waals surface area contributed by atoms with E-state index in [0.29, 0.717) is 40.1 Å². The first-order valence-electron chi connectivity index (χ1n) is 9.47. The van der Waals surface area contributed by atoms with E-state index in [-0.39, 0.29) is 17.5 Å². The molecule has 0 saturated carbocycles.